The van der Waals surface area contributed by atoms with Gasteiger partial charge in [-0.15, -0.1) is 0 Å². The lowest BCUT2D eigenvalue weighted by atomic mass is 10.1. The second-order valence-electron chi connectivity index (χ2n) is 11.6. The predicted octanol–water partition coefficient (Wildman–Crippen LogP) is 4.73. The number of ether oxygens (including phenoxy) is 1. The number of carbonyl (C=O) groups is 3. The van der Waals surface area contributed by atoms with Crippen LogP contribution in [-0.4, -0.2) is 65.9 Å². The molecule has 0 atom stereocenters. The average Bonchev–Trinajstić information content (AvgIpc) is 3.69. The molecule has 2 aliphatic carbocycles. The first-order valence-corrected chi connectivity index (χ1v) is 15.4. The van der Waals surface area contributed by atoms with E-state index >= 15 is 0 Å². The van der Waals surface area contributed by atoms with Crippen LogP contribution >= 0.6 is 0 Å². The molecular weight excluding hydrogens is 518 g/mol. The summed E-state index contributed by atoms with van der Waals surface area (Å²) in [5.74, 6) is 0.278. The van der Waals surface area contributed by atoms with Crippen LogP contribution in [0.4, 0.5) is 11.4 Å². The number of rotatable bonds is 6. The molecule has 2 saturated carbocycles. The molecule has 0 saturated heterocycles. The highest BCUT2D eigenvalue weighted by atomic mass is 16.5. The maximum Gasteiger partial charge on any atom is 0.255 e. The third-order valence-corrected chi connectivity index (χ3v) is 8.38. The van der Waals surface area contributed by atoms with E-state index in [-0.39, 0.29) is 42.9 Å². The van der Waals surface area contributed by atoms with Crippen molar-refractivity contribution >= 4 is 29.1 Å². The number of hydrogen-bond donors (Lipinski definition) is 2. The number of benzene rings is 1. The normalized spacial score (nSPS) is 19.2. The number of aromatic nitrogens is 1. The molecule has 2 fully saturated rings. The Morgan fingerprint density at radius 3 is 2.22 bits per heavy atom. The third-order valence-electron chi connectivity index (χ3n) is 8.38. The summed E-state index contributed by atoms with van der Waals surface area (Å²) in [6, 6.07) is 9.88. The van der Waals surface area contributed by atoms with Gasteiger partial charge < -0.3 is 25.2 Å². The van der Waals surface area contributed by atoms with Gasteiger partial charge >= 0.3 is 0 Å². The summed E-state index contributed by atoms with van der Waals surface area (Å²) < 4.78 is 6.21. The van der Waals surface area contributed by atoms with E-state index < -0.39 is 0 Å². The number of nitrogens with zero attached hydrogens (tertiary/aromatic N) is 3. The van der Waals surface area contributed by atoms with E-state index in [4.69, 9.17) is 4.74 Å². The lowest BCUT2D eigenvalue weighted by Crippen LogP contribution is -2.44. The molecule has 1 aromatic carbocycles. The number of nitrogens with one attached hydrogen (secondary N) is 2. The summed E-state index contributed by atoms with van der Waals surface area (Å²) >= 11 is 0. The van der Waals surface area contributed by atoms with E-state index in [0.717, 1.165) is 82.7 Å². The maximum absolute atomic E-state index is 13.8. The van der Waals surface area contributed by atoms with E-state index in [1.807, 2.05) is 29.2 Å². The van der Waals surface area contributed by atoms with Crippen LogP contribution in [0.5, 0.6) is 5.75 Å². The molecular formula is C32H43N5O4. The number of amides is 3. The van der Waals surface area contributed by atoms with Gasteiger partial charge in [0.2, 0.25) is 11.8 Å². The van der Waals surface area contributed by atoms with Crippen molar-refractivity contribution in [3.8, 4) is 5.75 Å². The standard InChI is InChI=1S/C32H43N5O4/c38-30(34-25-11-3-4-12-25)22-36-17-9-1-2-10-18-41-29-16-8-7-15-28(29)37(23-31(39)35-26-13-5-6-14-26)27-19-24(32(36)40)20-33-21-27/h7-8,15-16,19-21,25-26H,1-6,9-14,17-18,22-23H2,(H,34,38)(H,35,39). The summed E-state index contributed by atoms with van der Waals surface area (Å²) in [6.45, 7) is 1.16. The van der Waals surface area contributed by atoms with Crippen molar-refractivity contribution in [1.29, 1.82) is 0 Å². The van der Waals surface area contributed by atoms with Crippen LogP contribution in [0.15, 0.2) is 42.7 Å². The first-order valence-electron chi connectivity index (χ1n) is 15.4. The van der Waals surface area contributed by atoms with Crippen molar-refractivity contribution < 1.29 is 19.1 Å². The van der Waals surface area contributed by atoms with Crippen molar-refractivity contribution in [3.05, 3.63) is 48.3 Å². The second kappa shape index (κ2) is 14.3. The molecule has 9 nitrogen and oxygen atoms in total. The van der Waals surface area contributed by atoms with Crippen molar-refractivity contribution in [2.75, 3.05) is 31.1 Å². The monoisotopic (exact) mass is 561 g/mol. The van der Waals surface area contributed by atoms with Gasteiger partial charge in [0.25, 0.3) is 5.91 Å². The fourth-order valence-electron chi connectivity index (χ4n) is 6.19. The topological polar surface area (TPSA) is 104 Å². The van der Waals surface area contributed by atoms with E-state index in [9.17, 15) is 14.4 Å². The van der Waals surface area contributed by atoms with Crippen molar-refractivity contribution in [1.82, 2.24) is 20.5 Å². The van der Waals surface area contributed by atoms with Gasteiger partial charge in [-0.25, -0.2) is 0 Å². The average molecular weight is 562 g/mol. The molecule has 2 aromatic rings. The molecule has 1 aromatic heterocycles. The fourth-order valence-corrected chi connectivity index (χ4v) is 6.19. The highest BCUT2D eigenvalue weighted by Crippen LogP contribution is 2.34. The summed E-state index contributed by atoms with van der Waals surface area (Å²) in [5, 5.41) is 6.30. The van der Waals surface area contributed by atoms with Gasteiger partial charge in [0, 0.05) is 24.8 Å². The number of anilines is 2. The zero-order chi connectivity index (χ0) is 28.4. The number of para-hydroxylation sites is 2. The summed E-state index contributed by atoms with van der Waals surface area (Å²) in [5.41, 5.74) is 1.77. The van der Waals surface area contributed by atoms with Crippen LogP contribution in [-0.2, 0) is 9.59 Å². The molecule has 3 amide bonds. The molecule has 9 heteroatoms. The Bertz CT molecular complexity index is 1190. The van der Waals surface area contributed by atoms with E-state index in [1.54, 1.807) is 23.4 Å². The molecule has 0 radical (unpaired) electrons. The summed E-state index contributed by atoms with van der Waals surface area (Å²) in [7, 11) is 0. The molecule has 2 heterocycles. The fraction of sp³-hybridized carbons (Fsp3) is 0.562. The Labute approximate surface area is 243 Å². The van der Waals surface area contributed by atoms with Crippen LogP contribution in [0.25, 0.3) is 0 Å². The summed E-state index contributed by atoms with van der Waals surface area (Å²) in [4.78, 5) is 47.9. The van der Waals surface area contributed by atoms with Gasteiger partial charge in [-0.3, -0.25) is 19.4 Å². The maximum atomic E-state index is 13.8. The number of fused-ring (bicyclic) bond motifs is 3. The molecule has 41 heavy (non-hydrogen) atoms. The van der Waals surface area contributed by atoms with Crippen LogP contribution in [0.1, 0.15) is 87.4 Å². The molecule has 1 aliphatic heterocycles. The molecule has 2 N–H and O–H groups in total. The zero-order valence-corrected chi connectivity index (χ0v) is 24.0. The molecule has 3 aliphatic rings. The number of hydrogen-bond acceptors (Lipinski definition) is 6. The lowest BCUT2D eigenvalue weighted by Gasteiger charge is -2.28. The molecule has 5 rings (SSSR count). The Morgan fingerprint density at radius 2 is 1.49 bits per heavy atom. The highest BCUT2D eigenvalue weighted by Gasteiger charge is 2.25. The Kier molecular flexibility index (Phi) is 10.1. The van der Waals surface area contributed by atoms with Crippen LogP contribution in [0, 0.1) is 0 Å². The van der Waals surface area contributed by atoms with Crippen molar-refractivity contribution in [2.24, 2.45) is 0 Å². The smallest absolute Gasteiger partial charge is 0.255 e. The van der Waals surface area contributed by atoms with E-state index in [1.165, 1.54) is 0 Å². The first-order chi connectivity index (χ1) is 20.1. The van der Waals surface area contributed by atoms with Crippen LogP contribution < -0.4 is 20.3 Å². The minimum atomic E-state index is -0.226. The van der Waals surface area contributed by atoms with Gasteiger partial charge in [0.05, 0.1) is 36.3 Å². The van der Waals surface area contributed by atoms with Gasteiger partial charge in [-0.1, -0.05) is 50.7 Å². The van der Waals surface area contributed by atoms with Crippen LogP contribution in [0.2, 0.25) is 0 Å². The largest absolute Gasteiger partial charge is 0.491 e. The molecule has 220 valence electrons. The van der Waals surface area contributed by atoms with Gasteiger partial charge in [0.1, 0.15) is 12.3 Å². The predicted molar refractivity (Wildman–Crippen MR) is 158 cm³/mol. The third kappa shape index (κ3) is 7.99. The SMILES string of the molecule is O=C(CN1CCCCCCOc2ccccc2N(CC(=O)NC2CCCC2)c2cncc(c2)C1=O)NC1CCCC1. The minimum absolute atomic E-state index is 0.0268. The zero-order valence-electron chi connectivity index (χ0n) is 24.0. The Balaban J connectivity index is 1.42. The van der Waals surface area contributed by atoms with Gasteiger partial charge in [-0.2, -0.15) is 0 Å². The number of pyridine rings is 1. The second-order valence-corrected chi connectivity index (χ2v) is 11.6. The van der Waals surface area contributed by atoms with Gasteiger partial charge in [-0.05, 0) is 56.7 Å². The number of carbonyl (C=O) groups excluding carboxylic acids is 3. The Hall–Kier alpha value is -3.62. The van der Waals surface area contributed by atoms with E-state index in [2.05, 4.69) is 15.6 Å². The van der Waals surface area contributed by atoms with Gasteiger partial charge in [0.15, 0.2) is 0 Å². The molecule has 2 bridgehead atoms. The lowest BCUT2D eigenvalue weighted by molar-refractivity contribution is -0.122. The summed E-state index contributed by atoms with van der Waals surface area (Å²) in [6.07, 6.45) is 15.3. The molecule has 0 unspecified atom stereocenters. The minimum Gasteiger partial charge on any atom is -0.491 e. The van der Waals surface area contributed by atoms with Crippen molar-refractivity contribution in [2.45, 2.75) is 89.1 Å². The highest BCUT2D eigenvalue weighted by molar-refractivity contribution is 5.97. The van der Waals surface area contributed by atoms with Crippen molar-refractivity contribution in [3.63, 3.8) is 0 Å². The quantitative estimate of drug-likeness (QED) is 0.529. The Morgan fingerprint density at radius 1 is 0.829 bits per heavy atom. The molecule has 0 spiro atoms. The first kappa shape index (κ1) is 28.9. The van der Waals surface area contributed by atoms with E-state index in [0.29, 0.717) is 30.2 Å². The van der Waals surface area contributed by atoms with Crippen LogP contribution in [0.3, 0.4) is 0 Å².